The minimum absolute atomic E-state index is 0.0641. The Morgan fingerprint density at radius 3 is 0.925 bits per heavy atom. The standard InChI is InChI=1S/C40H46/c1-23-33-35(39(9)27(5)25(3)37(33,7)31(39)21-29-17-13-11-14-18-29)24(2)36-34(23)38(8)26(4)28(6)40(36,10)32(38)22-30-19-15-12-16-20-30/h11-20,31-32H,21-22H2,1-10H3/t31?,32?,37-,38-,39-,40+/m1/s1. The maximum atomic E-state index is 2.60. The van der Waals surface area contributed by atoms with Crippen LogP contribution in [-0.2, 0) is 34.5 Å². The van der Waals surface area contributed by atoms with E-state index < -0.39 is 0 Å². The molecule has 40 heavy (non-hydrogen) atoms. The van der Waals surface area contributed by atoms with Gasteiger partial charge < -0.3 is 0 Å². The third kappa shape index (κ3) is 2.62. The molecule has 7 rings (SSSR count). The summed E-state index contributed by atoms with van der Waals surface area (Å²) in [5, 5.41) is 0. The first kappa shape index (κ1) is 26.1. The molecule has 0 N–H and O–H groups in total. The van der Waals surface area contributed by atoms with Crippen molar-refractivity contribution in [3.63, 3.8) is 0 Å². The summed E-state index contributed by atoms with van der Waals surface area (Å²) in [5.41, 5.74) is 19.6. The normalized spacial score (nSPS) is 35.1. The highest BCUT2D eigenvalue weighted by Gasteiger charge is 2.68. The van der Waals surface area contributed by atoms with Crippen LogP contribution in [0.15, 0.2) is 83.0 Å². The van der Waals surface area contributed by atoms with Gasteiger partial charge in [-0.15, -0.1) is 0 Å². The van der Waals surface area contributed by atoms with Gasteiger partial charge in [0.2, 0.25) is 0 Å². The Hall–Kier alpha value is -2.86. The lowest BCUT2D eigenvalue weighted by atomic mass is 9.64. The van der Waals surface area contributed by atoms with E-state index in [-0.39, 0.29) is 21.7 Å². The number of hydrogen-bond donors (Lipinski definition) is 0. The molecule has 0 aliphatic heterocycles. The van der Waals surface area contributed by atoms with Gasteiger partial charge in [0.15, 0.2) is 0 Å². The van der Waals surface area contributed by atoms with Gasteiger partial charge >= 0.3 is 0 Å². The molecule has 6 atom stereocenters. The lowest BCUT2D eigenvalue weighted by Crippen LogP contribution is -2.35. The van der Waals surface area contributed by atoms with Crippen LogP contribution in [0, 0.1) is 25.7 Å². The van der Waals surface area contributed by atoms with E-state index in [4.69, 9.17) is 0 Å². The van der Waals surface area contributed by atoms with Gasteiger partial charge in [-0.1, -0.05) is 111 Å². The molecule has 0 radical (unpaired) electrons. The van der Waals surface area contributed by atoms with E-state index in [0.29, 0.717) is 11.8 Å². The molecule has 0 aromatic heterocycles. The Morgan fingerprint density at radius 1 is 0.425 bits per heavy atom. The number of hydrogen-bond acceptors (Lipinski definition) is 0. The lowest BCUT2D eigenvalue weighted by molar-refractivity contribution is 0.297. The summed E-state index contributed by atoms with van der Waals surface area (Å²) >= 11 is 0. The molecule has 206 valence electrons. The molecular weight excluding hydrogens is 480 g/mol. The van der Waals surface area contributed by atoms with Crippen LogP contribution in [0.2, 0.25) is 0 Å². The van der Waals surface area contributed by atoms with E-state index >= 15 is 0 Å². The van der Waals surface area contributed by atoms with Gasteiger partial charge in [0.05, 0.1) is 0 Å². The maximum absolute atomic E-state index is 2.60. The quantitative estimate of drug-likeness (QED) is 0.297. The van der Waals surface area contributed by atoms with Gasteiger partial charge in [-0.2, -0.15) is 0 Å². The molecule has 0 nitrogen and oxygen atoms in total. The van der Waals surface area contributed by atoms with Crippen molar-refractivity contribution < 1.29 is 0 Å². The molecule has 4 aliphatic carbocycles. The number of fused-ring (bicyclic) bond motifs is 10. The van der Waals surface area contributed by atoms with Crippen LogP contribution < -0.4 is 0 Å². The van der Waals surface area contributed by atoms with Gasteiger partial charge in [-0.3, -0.25) is 0 Å². The zero-order valence-electron chi connectivity index (χ0n) is 26.3. The summed E-state index contributed by atoms with van der Waals surface area (Å²) in [5.74, 6) is 1.09. The number of benzene rings is 3. The first-order chi connectivity index (χ1) is 18.9. The summed E-state index contributed by atoms with van der Waals surface area (Å²) in [6.45, 7) is 25.2. The molecule has 0 heteroatoms. The average Bonchev–Trinajstić information content (AvgIpc) is 3.40. The van der Waals surface area contributed by atoms with Crippen molar-refractivity contribution in [2.45, 2.75) is 104 Å². The molecule has 0 spiro atoms. The summed E-state index contributed by atoms with van der Waals surface area (Å²) in [7, 11) is 0. The SMILES string of the molecule is CC1=C(C)[C@@]2(C)c3c(C)c4c(c(C)c3[C@@]1(C)C2Cc1ccccc1)[C@]1(C)C(C)=C(C)[C@@]4(C)C1Cc1ccccc1. The van der Waals surface area contributed by atoms with Crippen molar-refractivity contribution >= 4 is 0 Å². The van der Waals surface area contributed by atoms with E-state index in [0.717, 1.165) is 12.8 Å². The first-order valence-electron chi connectivity index (χ1n) is 15.5. The number of allylic oxidation sites excluding steroid dienone is 4. The topological polar surface area (TPSA) is 0 Å². The lowest BCUT2D eigenvalue weighted by Gasteiger charge is -2.40. The zero-order valence-corrected chi connectivity index (χ0v) is 26.3. The van der Waals surface area contributed by atoms with Crippen LogP contribution in [0.1, 0.15) is 99.9 Å². The predicted octanol–water partition coefficient (Wildman–Crippen LogP) is 9.78. The largest absolute Gasteiger partial charge is 0.0628 e. The molecule has 3 aromatic carbocycles. The predicted molar refractivity (Wildman–Crippen MR) is 169 cm³/mol. The third-order valence-electron chi connectivity index (χ3n) is 13.7. The smallest absolute Gasteiger partial charge is 0.0182 e. The molecule has 4 aliphatic rings. The molecule has 3 aromatic rings. The maximum Gasteiger partial charge on any atom is 0.0182 e. The monoisotopic (exact) mass is 526 g/mol. The highest BCUT2D eigenvalue weighted by atomic mass is 14.7. The summed E-state index contributed by atoms with van der Waals surface area (Å²) < 4.78 is 0. The van der Waals surface area contributed by atoms with Gasteiger partial charge in [-0.05, 0) is 111 Å². The van der Waals surface area contributed by atoms with Crippen molar-refractivity contribution in [1.82, 2.24) is 0 Å². The van der Waals surface area contributed by atoms with Crippen molar-refractivity contribution in [3.05, 3.63) is 127 Å². The third-order valence-corrected chi connectivity index (χ3v) is 13.7. The number of rotatable bonds is 4. The van der Waals surface area contributed by atoms with Crippen LogP contribution in [-0.4, -0.2) is 0 Å². The molecule has 0 fully saturated rings. The highest BCUT2D eigenvalue weighted by Crippen LogP contribution is 2.74. The Morgan fingerprint density at radius 2 is 0.675 bits per heavy atom. The van der Waals surface area contributed by atoms with E-state index in [1.165, 1.54) is 11.1 Å². The van der Waals surface area contributed by atoms with E-state index in [2.05, 4.69) is 130 Å². The molecule has 2 unspecified atom stereocenters. The van der Waals surface area contributed by atoms with Crippen LogP contribution >= 0.6 is 0 Å². The van der Waals surface area contributed by atoms with Crippen LogP contribution in [0.5, 0.6) is 0 Å². The van der Waals surface area contributed by atoms with E-state index in [9.17, 15) is 0 Å². The fraction of sp³-hybridized carbons (Fsp3) is 0.450. The molecule has 0 heterocycles. The second-order valence-corrected chi connectivity index (χ2v) is 14.5. The fourth-order valence-corrected chi connectivity index (χ4v) is 11.3. The van der Waals surface area contributed by atoms with Crippen molar-refractivity contribution in [1.29, 1.82) is 0 Å². The minimum Gasteiger partial charge on any atom is -0.0628 e. The summed E-state index contributed by atoms with van der Waals surface area (Å²) in [4.78, 5) is 0. The van der Waals surface area contributed by atoms with Crippen molar-refractivity contribution in [2.75, 3.05) is 0 Å². The zero-order chi connectivity index (χ0) is 28.6. The second-order valence-electron chi connectivity index (χ2n) is 14.5. The van der Waals surface area contributed by atoms with Gasteiger partial charge in [-0.25, -0.2) is 0 Å². The van der Waals surface area contributed by atoms with Crippen molar-refractivity contribution in [3.8, 4) is 0 Å². The first-order valence-corrected chi connectivity index (χ1v) is 15.5. The summed E-state index contributed by atoms with van der Waals surface area (Å²) in [6, 6.07) is 22.5. The average molecular weight is 527 g/mol. The van der Waals surface area contributed by atoms with Crippen LogP contribution in [0.25, 0.3) is 0 Å². The minimum atomic E-state index is 0.0641. The molecule has 0 saturated carbocycles. The van der Waals surface area contributed by atoms with Crippen molar-refractivity contribution in [2.24, 2.45) is 11.8 Å². The Kier molecular flexibility index (Phi) is 5.15. The van der Waals surface area contributed by atoms with Crippen LogP contribution in [0.4, 0.5) is 0 Å². The van der Waals surface area contributed by atoms with Crippen LogP contribution in [0.3, 0.4) is 0 Å². The van der Waals surface area contributed by atoms with Gasteiger partial charge in [0.25, 0.3) is 0 Å². The fourth-order valence-electron chi connectivity index (χ4n) is 11.3. The Balaban J connectivity index is 1.50. The second kappa shape index (κ2) is 7.90. The summed E-state index contributed by atoms with van der Waals surface area (Å²) in [6.07, 6.45) is 2.25. The molecule has 0 saturated heterocycles. The molecular formula is C40H46. The Bertz CT molecular complexity index is 1450. The van der Waals surface area contributed by atoms with E-state index in [1.807, 2.05) is 0 Å². The van der Waals surface area contributed by atoms with Gasteiger partial charge in [0.1, 0.15) is 0 Å². The van der Waals surface area contributed by atoms with E-state index in [1.54, 1.807) is 55.7 Å². The van der Waals surface area contributed by atoms with Gasteiger partial charge in [0, 0.05) is 21.7 Å². The molecule has 4 bridgehead atoms. The Labute approximate surface area is 242 Å². The highest BCUT2D eigenvalue weighted by molar-refractivity contribution is 5.77. The molecule has 0 amide bonds.